The molecule has 1 rings (SSSR count). The van der Waals surface area contributed by atoms with E-state index in [4.69, 9.17) is 4.42 Å². The maximum Gasteiger partial charge on any atom is 0.118 e. The molecular weight excluding hydrogens is 248 g/mol. The number of furan rings is 1. The SMILES string of the molecule is CC(C)CNCc1ccc(CN(C)C(C)CC(C)C)o1. The molecule has 1 aromatic rings. The molecule has 0 radical (unpaired) electrons. The van der Waals surface area contributed by atoms with Gasteiger partial charge in [0.15, 0.2) is 0 Å². The number of hydrogen-bond acceptors (Lipinski definition) is 3. The third-order valence-corrected chi connectivity index (χ3v) is 3.54. The third-order valence-electron chi connectivity index (χ3n) is 3.54. The van der Waals surface area contributed by atoms with Crippen LogP contribution >= 0.6 is 0 Å². The van der Waals surface area contributed by atoms with Crippen LogP contribution in [0.5, 0.6) is 0 Å². The van der Waals surface area contributed by atoms with E-state index in [1.165, 1.54) is 6.42 Å². The summed E-state index contributed by atoms with van der Waals surface area (Å²) < 4.78 is 5.89. The van der Waals surface area contributed by atoms with Crippen molar-refractivity contribution in [2.24, 2.45) is 11.8 Å². The summed E-state index contributed by atoms with van der Waals surface area (Å²) in [6.45, 7) is 14.0. The number of nitrogens with one attached hydrogen (secondary N) is 1. The van der Waals surface area contributed by atoms with E-state index < -0.39 is 0 Å². The molecule has 0 fully saturated rings. The molecule has 1 aromatic heterocycles. The van der Waals surface area contributed by atoms with Crippen molar-refractivity contribution in [1.82, 2.24) is 10.2 Å². The maximum atomic E-state index is 5.89. The van der Waals surface area contributed by atoms with Gasteiger partial charge < -0.3 is 9.73 Å². The molecule has 1 heterocycles. The van der Waals surface area contributed by atoms with Gasteiger partial charge in [-0.15, -0.1) is 0 Å². The van der Waals surface area contributed by atoms with Crippen molar-refractivity contribution in [1.29, 1.82) is 0 Å². The highest BCUT2D eigenvalue weighted by molar-refractivity contribution is 5.07. The Kier molecular flexibility index (Phi) is 7.31. The molecule has 0 bridgehead atoms. The van der Waals surface area contributed by atoms with E-state index in [0.29, 0.717) is 12.0 Å². The molecular formula is C17H32N2O. The molecule has 0 aliphatic rings. The van der Waals surface area contributed by atoms with Gasteiger partial charge in [-0.25, -0.2) is 0 Å². The van der Waals surface area contributed by atoms with E-state index in [-0.39, 0.29) is 0 Å². The molecule has 0 spiro atoms. The van der Waals surface area contributed by atoms with E-state index in [0.717, 1.165) is 37.1 Å². The van der Waals surface area contributed by atoms with Gasteiger partial charge in [-0.3, -0.25) is 4.90 Å². The average molecular weight is 280 g/mol. The van der Waals surface area contributed by atoms with Gasteiger partial charge in [-0.2, -0.15) is 0 Å². The summed E-state index contributed by atoms with van der Waals surface area (Å²) in [6.07, 6.45) is 1.22. The van der Waals surface area contributed by atoms with Crippen LogP contribution in [0, 0.1) is 11.8 Å². The van der Waals surface area contributed by atoms with Crippen LogP contribution in [0.4, 0.5) is 0 Å². The first-order valence-electron chi connectivity index (χ1n) is 7.87. The molecule has 1 N–H and O–H groups in total. The van der Waals surface area contributed by atoms with Crippen molar-refractivity contribution in [2.45, 2.75) is 60.2 Å². The summed E-state index contributed by atoms with van der Waals surface area (Å²) in [5.41, 5.74) is 0. The minimum absolute atomic E-state index is 0.586. The van der Waals surface area contributed by atoms with Crippen molar-refractivity contribution in [3.05, 3.63) is 23.7 Å². The monoisotopic (exact) mass is 280 g/mol. The summed E-state index contributed by atoms with van der Waals surface area (Å²) >= 11 is 0. The highest BCUT2D eigenvalue weighted by atomic mass is 16.3. The van der Waals surface area contributed by atoms with Gasteiger partial charge in [-0.1, -0.05) is 27.7 Å². The molecule has 0 aliphatic carbocycles. The van der Waals surface area contributed by atoms with Crippen LogP contribution in [0.15, 0.2) is 16.5 Å². The molecule has 0 amide bonds. The molecule has 20 heavy (non-hydrogen) atoms. The molecule has 1 unspecified atom stereocenters. The van der Waals surface area contributed by atoms with E-state index in [1.807, 2.05) is 0 Å². The molecule has 3 heteroatoms. The zero-order chi connectivity index (χ0) is 15.1. The summed E-state index contributed by atoms with van der Waals surface area (Å²) in [5, 5.41) is 3.41. The standard InChI is InChI=1S/C17H32N2O/c1-13(2)9-15(5)19(6)12-17-8-7-16(20-17)11-18-10-14(3)4/h7-8,13-15,18H,9-12H2,1-6H3. The Morgan fingerprint density at radius 1 is 1.05 bits per heavy atom. The van der Waals surface area contributed by atoms with Crippen LogP contribution in [0.3, 0.4) is 0 Å². The molecule has 0 aliphatic heterocycles. The van der Waals surface area contributed by atoms with Gasteiger partial charge in [0.1, 0.15) is 11.5 Å². The average Bonchev–Trinajstić information content (AvgIpc) is 2.75. The van der Waals surface area contributed by atoms with Crippen LogP contribution < -0.4 is 5.32 Å². The van der Waals surface area contributed by atoms with E-state index in [2.05, 4.69) is 64.0 Å². The molecule has 116 valence electrons. The lowest BCUT2D eigenvalue weighted by molar-refractivity contribution is 0.203. The third kappa shape index (κ3) is 6.58. The maximum absolute atomic E-state index is 5.89. The number of rotatable bonds is 9. The number of nitrogens with zero attached hydrogens (tertiary/aromatic N) is 1. The Labute approximate surface area is 124 Å². The zero-order valence-corrected chi connectivity index (χ0v) is 14.1. The van der Waals surface area contributed by atoms with Crippen LogP contribution in [-0.2, 0) is 13.1 Å². The molecule has 0 saturated carbocycles. The second-order valence-electron chi connectivity index (χ2n) is 6.79. The minimum atomic E-state index is 0.586. The van der Waals surface area contributed by atoms with E-state index in [1.54, 1.807) is 0 Å². The fourth-order valence-corrected chi connectivity index (χ4v) is 2.35. The van der Waals surface area contributed by atoms with Gasteiger partial charge in [0.25, 0.3) is 0 Å². The largest absolute Gasteiger partial charge is 0.463 e. The zero-order valence-electron chi connectivity index (χ0n) is 14.1. The highest BCUT2D eigenvalue weighted by Crippen LogP contribution is 2.15. The lowest BCUT2D eigenvalue weighted by atomic mass is 10.0. The first-order valence-corrected chi connectivity index (χ1v) is 7.87. The summed E-state index contributed by atoms with van der Waals surface area (Å²) in [5.74, 6) is 3.50. The van der Waals surface area contributed by atoms with Gasteiger partial charge >= 0.3 is 0 Å². The quantitative estimate of drug-likeness (QED) is 0.744. The van der Waals surface area contributed by atoms with Crippen LogP contribution in [-0.4, -0.2) is 24.5 Å². The fraction of sp³-hybridized carbons (Fsp3) is 0.765. The van der Waals surface area contributed by atoms with Gasteiger partial charge in [-0.05, 0) is 50.9 Å². The van der Waals surface area contributed by atoms with Gasteiger partial charge in [0.2, 0.25) is 0 Å². The van der Waals surface area contributed by atoms with Crippen molar-refractivity contribution < 1.29 is 4.42 Å². The second-order valence-corrected chi connectivity index (χ2v) is 6.79. The molecule has 3 nitrogen and oxygen atoms in total. The Hall–Kier alpha value is -0.800. The Balaban J connectivity index is 2.39. The van der Waals surface area contributed by atoms with Crippen LogP contribution in [0.1, 0.15) is 52.6 Å². The van der Waals surface area contributed by atoms with Gasteiger partial charge in [0, 0.05) is 6.04 Å². The molecule has 0 aromatic carbocycles. The van der Waals surface area contributed by atoms with Gasteiger partial charge in [0.05, 0.1) is 13.1 Å². The predicted octanol–water partition coefficient (Wildman–Crippen LogP) is 3.89. The number of hydrogen-bond donors (Lipinski definition) is 1. The Bertz CT molecular complexity index is 371. The summed E-state index contributed by atoms with van der Waals surface area (Å²) in [4.78, 5) is 2.37. The van der Waals surface area contributed by atoms with Crippen LogP contribution in [0.2, 0.25) is 0 Å². The van der Waals surface area contributed by atoms with Crippen LogP contribution in [0.25, 0.3) is 0 Å². The smallest absolute Gasteiger partial charge is 0.118 e. The van der Waals surface area contributed by atoms with Crippen molar-refractivity contribution in [3.8, 4) is 0 Å². The summed E-state index contributed by atoms with van der Waals surface area (Å²) in [6, 6.07) is 4.77. The molecule has 0 saturated heterocycles. The topological polar surface area (TPSA) is 28.4 Å². The minimum Gasteiger partial charge on any atom is -0.463 e. The van der Waals surface area contributed by atoms with E-state index in [9.17, 15) is 0 Å². The first kappa shape index (κ1) is 17.3. The van der Waals surface area contributed by atoms with Crippen molar-refractivity contribution in [2.75, 3.05) is 13.6 Å². The Morgan fingerprint density at radius 3 is 2.30 bits per heavy atom. The normalized spacial score (nSPS) is 13.7. The van der Waals surface area contributed by atoms with E-state index >= 15 is 0 Å². The summed E-state index contributed by atoms with van der Waals surface area (Å²) in [7, 11) is 2.17. The van der Waals surface area contributed by atoms with Crippen molar-refractivity contribution >= 4 is 0 Å². The highest BCUT2D eigenvalue weighted by Gasteiger charge is 2.13. The first-order chi connectivity index (χ1) is 9.38. The fourth-order valence-electron chi connectivity index (χ4n) is 2.35. The predicted molar refractivity (Wildman–Crippen MR) is 85.6 cm³/mol. The second kappa shape index (κ2) is 8.48. The molecule has 1 atom stereocenters. The van der Waals surface area contributed by atoms with Crippen molar-refractivity contribution in [3.63, 3.8) is 0 Å². The lowest BCUT2D eigenvalue weighted by Crippen LogP contribution is -2.29. The lowest BCUT2D eigenvalue weighted by Gasteiger charge is -2.25. The Morgan fingerprint density at radius 2 is 1.70 bits per heavy atom.